The van der Waals surface area contributed by atoms with Gasteiger partial charge in [-0.3, -0.25) is 0 Å². The lowest BCUT2D eigenvalue weighted by atomic mass is 10.3. The number of pyridine rings is 1. The predicted molar refractivity (Wildman–Crippen MR) is 78.0 cm³/mol. The Morgan fingerprint density at radius 2 is 1.89 bits per heavy atom. The summed E-state index contributed by atoms with van der Waals surface area (Å²) in [4.78, 5) is 6.31. The third-order valence-electron chi connectivity index (χ3n) is 2.60. The molecule has 19 heavy (non-hydrogen) atoms. The van der Waals surface area contributed by atoms with Crippen LogP contribution in [0, 0.1) is 0 Å². The van der Waals surface area contributed by atoms with Crippen molar-refractivity contribution in [3.05, 3.63) is 48.7 Å². The van der Waals surface area contributed by atoms with Crippen LogP contribution in [0.5, 0.6) is 5.75 Å². The second kappa shape index (κ2) is 6.75. The van der Waals surface area contributed by atoms with Crippen molar-refractivity contribution >= 4 is 11.5 Å². The van der Waals surface area contributed by atoms with Gasteiger partial charge in [0.05, 0.1) is 0 Å². The molecule has 0 spiro atoms. The van der Waals surface area contributed by atoms with E-state index in [2.05, 4.69) is 15.2 Å². The summed E-state index contributed by atoms with van der Waals surface area (Å²) in [6.07, 6.45) is 1.76. The molecule has 2 rings (SSSR count). The monoisotopic (exact) mass is 257 g/mol. The van der Waals surface area contributed by atoms with Crippen molar-refractivity contribution in [2.24, 2.45) is 0 Å². The molecule has 0 atom stereocenters. The fourth-order valence-electron chi connectivity index (χ4n) is 1.57. The zero-order chi connectivity index (χ0) is 13.5. The predicted octanol–water partition coefficient (Wildman–Crippen LogP) is 2.77. The zero-order valence-electron chi connectivity index (χ0n) is 11.3. The first-order valence-corrected chi connectivity index (χ1v) is 6.30. The van der Waals surface area contributed by atoms with Gasteiger partial charge in [-0.1, -0.05) is 6.07 Å². The highest BCUT2D eigenvalue weighted by Crippen LogP contribution is 2.18. The molecule has 0 unspecified atom stereocenters. The van der Waals surface area contributed by atoms with Crippen molar-refractivity contribution in [1.82, 2.24) is 9.88 Å². The molecule has 0 bridgehead atoms. The summed E-state index contributed by atoms with van der Waals surface area (Å²) in [6.45, 7) is 1.61. The fraction of sp³-hybridized carbons (Fsp3) is 0.267. The minimum atomic E-state index is 0.694. The molecule has 0 aliphatic rings. The van der Waals surface area contributed by atoms with Gasteiger partial charge >= 0.3 is 0 Å². The van der Waals surface area contributed by atoms with Crippen molar-refractivity contribution in [2.75, 3.05) is 32.6 Å². The highest BCUT2D eigenvalue weighted by Gasteiger charge is 1.97. The van der Waals surface area contributed by atoms with Gasteiger partial charge in [0.2, 0.25) is 0 Å². The van der Waals surface area contributed by atoms with Crippen LogP contribution < -0.4 is 10.1 Å². The maximum absolute atomic E-state index is 5.64. The number of hydrogen-bond donors (Lipinski definition) is 1. The van der Waals surface area contributed by atoms with Gasteiger partial charge < -0.3 is 15.0 Å². The van der Waals surface area contributed by atoms with Gasteiger partial charge in [0.1, 0.15) is 18.2 Å². The van der Waals surface area contributed by atoms with Crippen LogP contribution in [-0.4, -0.2) is 37.1 Å². The summed E-state index contributed by atoms with van der Waals surface area (Å²) < 4.78 is 5.64. The molecule has 1 heterocycles. The van der Waals surface area contributed by atoms with E-state index in [1.165, 1.54) is 0 Å². The first-order chi connectivity index (χ1) is 9.24. The Labute approximate surface area is 114 Å². The Morgan fingerprint density at radius 1 is 1.11 bits per heavy atom. The van der Waals surface area contributed by atoms with Gasteiger partial charge in [0, 0.05) is 18.4 Å². The van der Waals surface area contributed by atoms with Gasteiger partial charge in [-0.05, 0) is 50.5 Å². The fourth-order valence-corrected chi connectivity index (χ4v) is 1.57. The molecule has 1 aromatic heterocycles. The molecule has 0 saturated heterocycles. The molecule has 1 aromatic carbocycles. The molecule has 0 radical (unpaired) electrons. The van der Waals surface area contributed by atoms with Crippen LogP contribution in [0.3, 0.4) is 0 Å². The first kappa shape index (κ1) is 13.4. The van der Waals surface area contributed by atoms with E-state index in [-0.39, 0.29) is 0 Å². The van der Waals surface area contributed by atoms with E-state index in [1.807, 2.05) is 56.6 Å². The maximum atomic E-state index is 5.64. The molecule has 4 nitrogen and oxygen atoms in total. The average Bonchev–Trinajstić information content (AvgIpc) is 2.42. The van der Waals surface area contributed by atoms with E-state index < -0.39 is 0 Å². The van der Waals surface area contributed by atoms with E-state index in [9.17, 15) is 0 Å². The molecule has 4 heteroatoms. The number of benzene rings is 1. The van der Waals surface area contributed by atoms with E-state index >= 15 is 0 Å². The Bertz CT molecular complexity index is 483. The largest absolute Gasteiger partial charge is 0.492 e. The van der Waals surface area contributed by atoms with Gasteiger partial charge in [-0.15, -0.1) is 0 Å². The number of anilines is 2. The standard InChI is InChI=1S/C15H19N3O/c1-18(2)11-12-19-14-8-6-13(7-9-14)17-15-5-3-4-10-16-15/h3-10H,11-12H2,1-2H3,(H,16,17). The van der Waals surface area contributed by atoms with Crippen LogP contribution in [0.2, 0.25) is 0 Å². The van der Waals surface area contributed by atoms with Gasteiger partial charge in [0.15, 0.2) is 0 Å². The topological polar surface area (TPSA) is 37.4 Å². The summed E-state index contributed by atoms with van der Waals surface area (Å²) in [6, 6.07) is 13.7. The number of nitrogens with zero attached hydrogens (tertiary/aromatic N) is 2. The second-order valence-electron chi connectivity index (χ2n) is 4.52. The lowest BCUT2D eigenvalue weighted by molar-refractivity contribution is 0.261. The highest BCUT2D eigenvalue weighted by molar-refractivity contribution is 5.56. The van der Waals surface area contributed by atoms with E-state index in [1.54, 1.807) is 6.20 Å². The summed E-state index contributed by atoms with van der Waals surface area (Å²) in [5.74, 6) is 1.72. The Hall–Kier alpha value is -2.07. The number of aromatic nitrogens is 1. The van der Waals surface area contributed by atoms with Crippen molar-refractivity contribution in [2.45, 2.75) is 0 Å². The third-order valence-corrected chi connectivity index (χ3v) is 2.60. The van der Waals surface area contributed by atoms with Crippen molar-refractivity contribution in [3.63, 3.8) is 0 Å². The quantitative estimate of drug-likeness (QED) is 0.863. The van der Waals surface area contributed by atoms with Crippen LogP contribution in [-0.2, 0) is 0 Å². The molecule has 2 aromatic rings. The number of rotatable bonds is 6. The first-order valence-electron chi connectivity index (χ1n) is 6.30. The summed E-state index contributed by atoms with van der Waals surface area (Å²) in [7, 11) is 4.06. The van der Waals surface area contributed by atoms with Crippen molar-refractivity contribution in [1.29, 1.82) is 0 Å². The van der Waals surface area contributed by atoms with Gasteiger partial charge in [-0.2, -0.15) is 0 Å². The third kappa shape index (κ3) is 4.60. The molecular formula is C15H19N3O. The van der Waals surface area contributed by atoms with E-state index in [0.29, 0.717) is 6.61 Å². The van der Waals surface area contributed by atoms with Crippen LogP contribution in [0.15, 0.2) is 48.7 Å². The van der Waals surface area contributed by atoms with Crippen molar-refractivity contribution in [3.8, 4) is 5.75 Å². The zero-order valence-corrected chi connectivity index (χ0v) is 11.3. The number of hydrogen-bond acceptors (Lipinski definition) is 4. The average molecular weight is 257 g/mol. The molecule has 0 saturated carbocycles. The lowest BCUT2D eigenvalue weighted by Crippen LogP contribution is -2.19. The van der Waals surface area contributed by atoms with Crippen molar-refractivity contribution < 1.29 is 4.74 Å². The molecule has 0 amide bonds. The second-order valence-corrected chi connectivity index (χ2v) is 4.52. The SMILES string of the molecule is CN(C)CCOc1ccc(Nc2ccccn2)cc1. The van der Waals surface area contributed by atoms with Crippen LogP contribution >= 0.6 is 0 Å². The van der Waals surface area contributed by atoms with Gasteiger partial charge in [-0.25, -0.2) is 4.98 Å². The molecular weight excluding hydrogens is 238 g/mol. The number of likely N-dealkylation sites (N-methyl/N-ethyl adjacent to an activating group) is 1. The molecule has 0 fully saturated rings. The van der Waals surface area contributed by atoms with E-state index in [4.69, 9.17) is 4.74 Å². The smallest absolute Gasteiger partial charge is 0.130 e. The molecule has 100 valence electrons. The Kier molecular flexibility index (Phi) is 4.75. The Morgan fingerprint density at radius 3 is 2.53 bits per heavy atom. The highest BCUT2D eigenvalue weighted by atomic mass is 16.5. The normalized spacial score (nSPS) is 10.5. The minimum absolute atomic E-state index is 0.694. The van der Waals surface area contributed by atoms with Gasteiger partial charge in [0.25, 0.3) is 0 Å². The Balaban J connectivity index is 1.88. The number of nitrogens with one attached hydrogen (secondary N) is 1. The summed E-state index contributed by atoms with van der Waals surface area (Å²) in [5, 5.41) is 3.23. The maximum Gasteiger partial charge on any atom is 0.130 e. The molecule has 0 aliphatic carbocycles. The summed E-state index contributed by atoms with van der Waals surface area (Å²) >= 11 is 0. The molecule has 1 N–H and O–H groups in total. The van der Waals surface area contributed by atoms with Crippen LogP contribution in [0.4, 0.5) is 11.5 Å². The lowest BCUT2D eigenvalue weighted by Gasteiger charge is -2.11. The minimum Gasteiger partial charge on any atom is -0.492 e. The van der Waals surface area contributed by atoms with Crippen LogP contribution in [0.1, 0.15) is 0 Å². The summed E-state index contributed by atoms with van der Waals surface area (Å²) in [5.41, 5.74) is 0.999. The van der Waals surface area contributed by atoms with E-state index in [0.717, 1.165) is 23.8 Å². The number of ether oxygens (including phenoxy) is 1. The van der Waals surface area contributed by atoms with Crippen LogP contribution in [0.25, 0.3) is 0 Å². The molecule has 0 aliphatic heterocycles.